The van der Waals surface area contributed by atoms with Gasteiger partial charge in [0.2, 0.25) is 5.76 Å². The predicted octanol–water partition coefficient (Wildman–Crippen LogP) is 4.25. The van der Waals surface area contributed by atoms with Crippen molar-refractivity contribution in [2.45, 2.75) is 26.9 Å². The second kappa shape index (κ2) is 8.26. The number of fused-ring (bicyclic) bond motifs is 1. The highest BCUT2D eigenvalue weighted by molar-refractivity contribution is 6.00. The molecule has 29 heavy (non-hydrogen) atoms. The molecule has 1 aromatic heterocycles. The van der Waals surface area contributed by atoms with Crippen molar-refractivity contribution in [3.05, 3.63) is 53.3 Å². The molecule has 1 atom stereocenters. The summed E-state index contributed by atoms with van der Waals surface area (Å²) in [5.74, 6) is 0.0426. The highest BCUT2D eigenvalue weighted by atomic mass is 16.6. The number of aryl methyl sites for hydroxylation is 2. The number of rotatable bonds is 6. The van der Waals surface area contributed by atoms with Gasteiger partial charge >= 0.3 is 5.97 Å². The lowest BCUT2D eigenvalue weighted by molar-refractivity contribution is -0.123. The molecule has 0 aliphatic carbocycles. The van der Waals surface area contributed by atoms with Crippen LogP contribution >= 0.6 is 0 Å². The molecule has 0 spiro atoms. The van der Waals surface area contributed by atoms with Crippen molar-refractivity contribution < 1.29 is 28.2 Å². The van der Waals surface area contributed by atoms with Crippen LogP contribution in [-0.4, -0.2) is 32.2 Å². The molecule has 152 valence electrons. The van der Waals surface area contributed by atoms with Gasteiger partial charge in [-0.15, -0.1) is 0 Å². The van der Waals surface area contributed by atoms with Crippen molar-refractivity contribution in [3.8, 4) is 11.5 Å². The molecule has 7 nitrogen and oxygen atoms in total. The lowest BCUT2D eigenvalue weighted by Gasteiger charge is -2.15. The largest absolute Gasteiger partial charge is 0.497 e. The Labute approximate surface area is 168 Å². The molecule has 3 rings (SSSR count). The number of ether oxygens (including phenoxy) is 3. The van der Waals surface area contributed by atoms with Gasteiger partial charge in [-0.1, -0.05) is 6.07 Å². The number of amides is 1. The van der Waals surface area contributed by atoms with Crippen molar-refractivity contribution >= 4 is 28.5 Å². The number of methoxy groups -OCH3 is 2. The van der Waals surface area contributed by atoms with Crippen molar-refractivity contribution in [2.24, 2.45) is 0 Å². The molecular weight excluding hydrogens is 374 g/mol. The normalized spacial score (nSPS) is 11.8. The molecule has 0 bridgehead atoms. The SMILES string of the molecule is COc1ccc2oc(C(=O)O[C@H](C)C(=O)Nc3cc(C)ccc3OC)c(C)c2c1. The summed E-state index contributed by atoms with van der Waals surface area (Å²) in [6.07, 6.45) is -1.03. The van der Waals surface area contributed by atoms with Gasteiger partial charge in [-0.25, -0.2) is 4.79 Å². The highest BCUT2D eigenvalue weighted by Gasteiger charge is 2.25. The van der Waals surface area contributed by atoms with E-state index in [2.05, 4.69) is 5.32 Å². The maximum Gasteiger partial charge on any atom is 0.375 e. The van der Waals surface area contributed by atoms with E-state index in [1.165, 1.54) is 14.0 Å². The standard InChI is InChI=1S/C22H23NO6/c1-12-6-8-19(27-5)17(10-12)23-21(24)14(3)28-22(25)20-13(2)16-11-15(26-4)7-9-18(16)29-20/h6-11,14H,1-5H3,(H,23,24)/t14-/m1/s1. The van der Waals surface area contributed by atoms with Gasteiger partial charge in [0.05, 0.1) is 19.9 Å². The number of furan rings is 1. The second-order valence-corrected chi connectivity index (χ2v) is 6.66. The van der Waals surface area contributed by atoms with Crippen LogP contribution in [-0.2, 0) is 9.53 Å². The first-order valence-corrected chi connectivity index (χ1v) is 9.07. The van der Waals surface area contributed by atoms with Crippen LogP contribution in [0.4, 0.5) is 5.69 Å². The van der Waals surface area contributed by atoms with Crippen molar-refractivity contribution in [2.75, 3.05) is 19.5 Å². The summed E-state index contributed by atoms with van der Waals surface area (Å²) in [7, 11) is 3.08. The fourth-order valence-electron chi connectivity index (χ4n) is 2.94. The Kier molecular flexibility index (Phi) is 5.77. The molecular formula is C22H23NO6. The van der Waals surface area contributed by atoms with Crippen LogP contribution in [0.1, 0.15) is 28.6 Å². The van der Waals surface area contributed by atoms with Gasteiger partial charge in [0.1, 0.15) is 17.1 Å². The van der Waals surface area contributed by atoms with Crippen LogP contribution in [0, 0.1) is 13.8 Å². The molecule has 2 aromatic carbocycles. The van der Waals surface area contributed by atoms with E-state index >= 15 is 0 Å². The number of anilines is 1. The Bertz CT molecular complexity index is 1070. The van der Waals surface area contributed by atoms with Crippen molar-refractivity contribution in [1.82, 2.24) is 0 Å². The quantitative estimate of drug-likeness (QED) is 0.626. The topological polar surface area (TPSA) is 87.0 Å². The zero-order valence-corrected chi connectivity index (χ0v) is 17.0. The second-order valence-electron chi connectivity index (χ2n) is 6.66. The van der Waals surface area contributed by atoms with E-state index in [0.717, 1.165) is 10.9 Å². The van der Waals surface area contributed by atoms with Gasteiger partial charge in [0.15, 0.2) is 6.10 Å². The maximum atomic E-state index is 12.6. The van der Waals surface area contributed by atoms with Gasteiger partial charge in [-0.05, 0) is 56.7 Å². The molecule has 1 heterocycles. The number of carbonyl (C=O) groups excluding carboxylic acids is 2. The molecule has 0 aliphatic heterocycles. The smallest absolute Gasteiger partial charge is 0.375 e. The molecule has 1 amide bonds. The third-order valence-corrected chi connectivity index (χ3v) is 4.59. The summed E-state index contributed by atoms with van der Waals surface area (Å²) in [5, 5.41) is 3.47. The molecule has 7 heteroatoms. The number of hydrogen-bond donors (Lipinski definition) is 1. The molecule has 0 aliphatic rings. The Morgan fingerprint density at radius 3 is 2.48 bits per heavy atom. The van der Waals surface area contributed by atoms with E-state index in [-0.39, 0.29) is 5.76 Å². The van der Waals surface area contributed by atoms with Gasteiger partial charge in [0, 0.05) is 10.9 Å². The number of nitrogens with one attached hydrogen (secondary N) is 1. The monoisotopic (exact) mass is 397 g/mol. The fourth-order valence-corrected chi connectivity index (χ4v) is 2.94. The van der Waals surface area contributed by atoms with Gasteiger partial charge < -0.3 is 23.9 Å². The van der Waals surface area contributed by atoms with Crippen molar-refractivity contribution in [1.29, 1.82) is 0 Å². The summed E-state index contributed by atoms with van der Waals surface area (Å²) in [5.41, 5.74) is 2.63. The molecule has 0 radical (unpaired) electrons. The van der Waals surface area contributed by atoms with Crippen LogP contribution < -0.4 is 14.8 Å². The summed E-state index contributed by atoms with van der Waals surface area (Å²) in [6.45, 7) is 5.15. The van der Waals surface area contributed by atoms with E-state index in [1.807, 2.05) is 13.0 Å². The molecule has 0 fully saturated rings. The summed E-state index contributed by atoms with van der Waals surface area (Å²) in [6, 6.07) is 10.7. The van der Waals surface area contributed by atoms with Crippen LogP contribution in [0.15, 0.2) is 40.8 Å². The van der Waals surface area contributed by atoms with Crippen molar-refractivity contribution in [3.63, 3.8) is 0 Å². The molecule has 3 aromatic rings. The average molecular weight is 397 g/mol. The summed E-state index contributed by atoms with van der Waals surface area (Å²) < 4.78 is 21.4. The number of hydrogen-bond acceptors (Lipinski definition) is 6. The highest BCUT2D eigenvalue weighted by Crippen LogP contribution is 2.30. The zero-order valence-electron chi connectivity index (χ0n) is 17.0. The predicted molar refractivity (Wildman–Crippen MR) is 109 cm³/mol. The van der Waals surface area contributed by atoms with Gasteiger partial charge in [-0.3, -0.25) is 4.79 Å². The fraction of sp³-hybridized carbons (Fsp3) is 0.273. The zero-order chi connectivity index (χ0) is 21.1. The summed E-state index contributed by atoms with van der Waals surface area (Å²) >= 11 is 0. The minimum Gasteiger partial charge on any atom is -0.497 e. The van der Waals surface area contributed by atoms with E-state index in [1.54, 1.807) is 44.4 Å². The Balaban J connectivity index is 1.75. The van der Waals surface area contributed by atoms with Crippen LogP contribution in [0.5, 0.6) is 11.5 Å². The van der Waals surface area contributed by atoms with Gasteiger partial charge in [-0.2, -0.15) is 0 Å². The Hall–Kier alpha value is -3.48. The molecule has 0 saturated carbocycles. The molecule has 1 N–H and O–H groups in total. The first-order chi connectivity index (χ1) is 13.8. The van der Waals surface area contributed by atoms with Crippen LogP contribution in [0.3, 0.4) is 0 Å². The Morgan fingerprint density at radius 1 is 1.03 bits per heavy atom. The van der Waals surface area contributed by atoms with Crippen LogP contribution in [0.2, 0.25) is 0 Å². The van der Waals surface area contributed by atoms with E-state index in [4.69, 9.17) is 18.6 Å². The lowest BCUT2D eigenvalue weighted by Crippen LogP contribution is -2.30. The maximum absolute atomic E-state index is 12.6. The van der Waals surface area contributed by atoms with E-state index in [0.29, 0.717) is 28.3 Å². The Morgan fingerprint density at radius 2 is 1.79 bits per heavy atom. The van der Waals surface area contributed by atoms with E-state index < -0.39 is 18.0 Å². The molecule has 0 unspecified atom stereocenters. The van der Waals surface area contributed by atoms with E-state index in [9.17, 15) is 9.59 Å². The summed E-state index contributed by atoms with van der Waals surface area (Å²) in [4.78, 5) is 25.1. The number of benzene rings is 2. The third kappa shape index (κ3) is 4.18. The first kappa shape index (κ1) is 20.3. The third-order valence-electron chi connectivity index (χ3n) is 4.59. The number of carbonyl (C=O) groups is 2. The van der Waals surface area contributed by atoms with Crippen LogP contribution in [0.25, 0.3) is 11.0 Å². The number of esters is 1. The minimum absolute atomic E-state index is 0.0565. The average Bonchev–Trinajstić information content (AvgIpc) is 3.04. The first-order valence-electron chi connectivity index (χ1n) is 9.07. The minimum atomic E-state index is -1.03. The lowest BCUT2D eigenvalue weighted by atomic mass is 10.1. The molecule has 0 saturated heterocycles. The van der Waals surface area contributed by atoms with Gasteiger partial charge in [0.25, 0.3) is 5.91 Å².